The summed E-state index contributed by atoms with van der Waals surface area (Å²) in [5.74, 6) is 0.612. The summed E-state index contributed by atoms with van der Waals surface area (Å²) in [6, 6.07) is 7.63. The zero-order valence-electron chi connectivity index (χ0n) is 10.4. The van der Waals surface area contributed by atoms with E-state index < -0.39 is 0 Å². The summed E-state index contributed by atoms with van der Waals surface area (Å²) >= 11 is 4.89. The van der Waals surface area contributed by atoms with Gasteiger partial charge in [-0.2, -0.15) is 0 Å². The highest BCUT2D eigenvalue weighted by atomic mass is 79.9. The highest BCUT2D eigenvalue weighted by Gasteiger charge is 2.22. The van der Waals surface area contributed by atoms with Gasteiger partial charge in [-0.15, -0.1) is 11.8 Å². The van der Waals surface area contributed by atoms with Crippen molar-refractivity contribution < 1.29 is 14.6 Å². The third-order valence-electron chi connectivity index (χ3n) is 2.43. The molecule has 1 aromatic rings. The van der Waals surface area contributed by atoms with Crippen LogP contribution in [0.3, 0.4) is 0 Å². The van der Waals surface area contributed by atoms with Crippen LogP contribution < -0.4 is 0 Å². The summed E-state index contributed by atoms with van der Waals surface area (Å²) in [4.78, 5) is 11.8. The predicted molar refractivity (Wildman–Crippen MR) is 77.6 cm³/mol. The smallest absolute Gasteiger partial charge is 0.323 e. The highest BCUT2D eigenvalue weighted by Crippen LogP contribution is 2.32. The highest BCUT2D eigenvalue weighted by molar-refractivity contribution is 9.10. The topological polar surface area (TPSA) is 46.5 Å². The van der Waals surface area contributed by atoms with Gasteiger partial charge in [0.1, 0.15) is 5.25 Å². The molecule has 1 N–H and O–H groups in total. The van der Waals surface area contributed by atoms with E-state index in [2.05, 4.69) is 15.9 Å². The molecule has 3 nitrogen and oxygen atoms in total. The van der Waals surface area contributed by atoms with Gasteiger partial charge in [0.05, 0.1) is 7.11 Å². The zero-order valence-corrected chi connectivity index (χ0v) is 12.8. The Kier molecular flexibility index (Phi) is 6.75. The van der Waals surface area contributed by atoms with Crippen LogP contribution in [0.2, 0.25) is 0 Å². The van der Waals surface area contributed by atoms with E-state index in [0.29, 0.717) is 5.75 Å². The van der Waals surface area contributed by atoms with Crippen molar-refractivity contribution in [1.82, 2.24) is 0 Å². The molecule has 0 heterocycles. The van der Waals surface area contributed by atoms with Crippen molar-refractivity contribution in [2.75, 3.05) is 19.5 Å². The lowest BCUT2D eigenvalue weighted by Gasteiger charge is -2.16. The van der Waals surface area contributed by atoms with Gasteiger partial charge in [0.25, 0.3) is 0 Å². The number of hydrogen-bond acceptors (Lipinski definition) is 4. The zero-order chi connectivity index (χ0) is 13.5. The van der Waals surface area contributed by atoms with E-state index in [4.69, 9.17) is 9.84 Å². The second kappa shape index (κ2) is 7.81. The molecule has 0 fully saturated rings. The molecule has 0 aliphatic heterocycles. The van der Waals surface area contributed by atoms with E-state index in [-0.39, 0.29) is 23.7 Å². The Morgan fingerprint density at radius 2 is 2.28 bits per heavy atom. The first kappa shape index (κ1) is 15.5. The van der Waals surface area contributed by atoms with E-state index in [1.54, 1.807) is 0 Å². The van der Waals surface area contributed by atoms with Crippen molar-refractivity contribution in [1.29, 1.82) is 0 Å². The number of benzene rings is 1. The number of thioether (sulfide) groups is 1. The monoisotopic (exact) mass is 332 g/mol. The molecule has 0 spiro atoms. The number of halogens is 1. The van der Waals surface area contributed by atoms with Gasteiger partial charge in [0.2, 0.25) is 0 Å². The number of carbonyl (C=O) groups is 1. The molecule has 0 bridgehead atoms. The minimum absolute atomic E-state index is 0.124. The van der Waals surface area contributed by atoms with Crippen LogP contribution in [-0.2, 0) is 9.53 Å². The molecule has 100 valence electrons. The van der Waals surface area contributed by atoms with E-state index >= 15 is 0 Å². The largest absolute Gasteiger partial charge is 0.468 e. The van der Waals surface area contributed by atoms with Crippen LogP contribution in [-0.4, -0.2) is 30.5 Å². The Balaban J connectivity index is 2.81. The SMILES string of the molecule is COC(=O)C(SCC(C)CO)c1cccc(Br)c1. The fourth-order valence-corrected chi connectivity index (χ4v) is 3.00. The summed E-state index contributed by atoms with van der Waals surface area (Å²) in [6.07, 6.45) is 0. The number of esters is 1. The summed E-state index contributed by atoms with van der Waals surface area (Å²) in [5.41, 5.74) is 0.909. The van der Waals surface area contributed by atoms with E-state index in [0.717, 1.165) is 10.0 Å². The maximum atomic E-state index is 11.8. The third-order valence-corrected chi connectivity index (χ3v) is 4.48. The summed E-state index contributed by atoms with van der Waals surface area (Å²) in [6.45, 7) is 2.07. The van der Waals surface area contributed by atoms with Gasteiger partial charge in [-0.1, -0.05) is 35.0 Å². The molecule has 0 aliphatic rings. The van der Waals surface area contributed by atoms with Crippen molar-refractivity contribution in [2.45, 2.75) is 12.2 Å². The van der Waals surface area contributed by atoms with Crippen LogP contribution in [0.15, 0.2) is 28.7 Å². The quantitative estimate of drug-likeness (QED) is 0.813. The molecule has 0 radical (unpaired) electrons. The van der Waals surface area contributed by atoms with Crippen molar-refractivity contribution in [3.63, 3.8) is 0 Å². The summed E-state index contributed by atoms with van der Waals surface area (Å²) in [5, 5.41) is 8.68. The van der Waals surface area contributed by atoms with Gasteiger partial charge in [-0.25, -0.2) is 0 Å². The Morgan fingerprint density at radius 1 is 1.56 bits per heavy atom. The van der Waals surface area contributed by atoms with Gasteiger partial charge >= 0.3 is 5.97 Å². The number of aliphatic hydroxyl groups excluding tert-OH is 1. The van der Waals surface area contributed by atoms with E-state index in [1.165, 1.54) is 18.9 Å². The molecule has 2 atom stereocenters. The minimum Gasteiger partial charge on any atom is -0.468 e. The molecular weight excluding hydrogens is 316 g/mol. The fourth-order valence-electron chi connectivity index (χ4n) is 1.39. The van der Waals surface area contributed by atoms with Gasteiger partial charge in [-0.3, -0.25) is 4.79 Å². The van der Waals surface area contributed by atoms with Crippen LogP contribution in [0.4, 0.5) is 0 Å². The maximum absolute atomic E-state index is 11.8. The Morgan fingerprint density at radius 3 is 2.83 bits per heavy atom. The molecule has 1 rings (SSSR count). The maximum Gasteiger partial charge on any atom is 0.323 e. The first-order valence-corrected chi connectivity index (χ1v) is 7.48. The fraction of sp³-hybridized carbons (Fsp3) is 0.462. The summed E-state index contributed by atoms with van der Waals surface area (Å²) in [7, 11) is 1.39. The van der Waals surface area contributed by atoms with Gasteiger partial charge in [0.15, 0.2) is 0 Å². The predicted octanol–water partition coefficient (Wildman–Crippen LogP) is 3.02. The molecule has 2 unspecified atom stereocenters. The van der Waals surface area contributed by atoms with Crippen LogP contribution in [0.1, 0.15) is 17.7 Å². The Labute approximate surface area is 120 Å². The molecule has 18 heavy (non-hydrogen) atoms. The molecule has 1 aromatic carbocycles. The second-order valence-electron chi connectivity index (χ2n) is 4.08. The summed E-state index contributed by atoms with van der Waals surface area (Å²) < 4.78 is 5.77. The van der Waals surface area contributed by atoms with Crippen LogP contribution >= 0.6 is 27.7 Å². The van der Waals surface area contributed by atoms with E-state index in [9.17, 15) is 4.79 Å². The van der Waals surface area contributed by atoms with Gasteiger partial charge in [0, 0.05) is 11.1 Å². The van der Waals surface area contributed by atoms with Crippen molar-refractivity contribution in [3.05, 3.63) is 34.3 Å². The average molecular weight is 333 g/mol. The Bertz CT molecular complexity index is 398. The van der Waals surface area contributed by atoms with E-state index in [1.807, 2.05) is 31.2 Å². The van der Waals surface area contributed by atoms with Gasteiger partial charge < -0.3 is 9.84 Å². The van der Waals surface area contributed by atoms with Crippen LogP contribution in [0, 0.1) is 5.92 Å². The Hall–Kier alpha value is -0.520. The molecule has 5 heteroatoms. The van der Waals surface area contributed by atoms with Crippen molar-refractivity contribution >= 4 is 33.7 Å². The lowest BCUT2D eigenvalue weighted by Crippen LogP contribution is -2.14. The number of aliphatic hydroxyl groups is 1. The van der Waals surface area contributed by atoms with Crippen LogP contribution in [0.5, 0.6) is 0 Å². The lowest BCUT2D eigenvalue weighted by atomic mass is 10.1. The first-order valence-electron chi connectivity index (χ1n) is 5.64. The first-order chi connectivity index (χ1) is 8.58. The standard InChI is InChI=1S/C13H17BrO3S/c1-9(7-15)8-18-12(13(16)17-2)10-4-3-5-11(14)6-10/h3-6,9,12,15H,7-8H2,1-2H3. The van der Waals surface area contributed by atoms with Crippen molar-refractivity contribution in [3.8, 4) is 0 Å². The number of ether oxygens (including phenoxy) is 1. The van der Waals surface area contributed by atoms with Crippen LogP contribution in [0.25, 0.3) is 0 Å². The third kappa shape index (κ3) is 4.63. The number of hydrogen-bond donors (Lipinski definition) is 1. The average Bonchev–Trinajstić information content (AvgIpc) is 2.38. The number of rotatable bonds is 6. The molecule has 0 saturated heterocycles. The second-order valence-corrected chi connectivity index (χ2v) is 6.13. The van der Waals surface area contributed by atoms with Crippen molar-refractivity contribution in [2.24, 2.45) is 5.92 Å². The molecule has 0 saturated carbocycles. The number of methoxy groups -OCH3 is 1. The molecule has 0 aliphatic carbocycles. The van der Waals surface area contributed by atoms with Gasteiger partial charge in [-0.05, 0) is 29.4 Å². The normalized spacial score (nSPS) is 14.0. The minimum atomic E-state index is -0.346. The molecule has 0 amide bonds. The number of carbonyl (C=O) groups excluding carboxylic acids is 1. The molecular formula is C13H17BrO3S. The lowest BCUT2D eigenvalue weighted by molar-refractivity contribution is -0.140. The molecule has 0 aromatic heterocycles.